The second-order valence-electron chi connectivity index (χ2n) is 6.69. The highest BCUT2D eigenvalue weighted by Gasteiger charge is 2.47. The highest BCUT2D eigenvalue weighted by atomic mass is 32.2. The van der Waals surface area contributed by atoms with Gasteiger partial charge < -0.3 is 5.11 Å². The molecule has 20 heavy (non-hydrogen) atoms. The first-order chi connectivity index (χ1) is 9.36. The van der Waals surface area contributed by atoms with Crippen molar-refractivity contribution in [3.05, 3.63) is 0 Å². The molecule has 2 aliphatic carbocycles. The van der Waals surface area contributed by atoms with Crippen LogP contribution >= 0.6 is 0 Å². The molecule has 5 heteroatoms. The molecule has 0 aromatic heterocycles. The number of rotatable bonds is 3. The highest BCUT2D eigenvalue weighted by molar-refractivity contribution is 7.91. The average Bonchev–Trinajstić information content (AvgIpc) is 2.64. The van der Waals surface area contributed by atoms with E-state index in [1.165, 1.54) is 6.26 Å². The zero-order valence-corrected chi connectivity index (χ0v) is 13.1. The van der Waals surface area contributed by atoms with Crippen LogP contribution in [0.2, 0.25) is 0 Å². The molecule has 0 aliphatic heterocycles. The van der Waals surface area contributed by atoms with Crippen molar-refractivity contribution in [1.82, 2.24) is 0 Å². The third-order valence-electron chi connectivity index (χ3n) is 5.43. The Morgan fingerprint density at radius 1 is 1.05 bits per heavy atom. The maximum atomic E-state index is 11.9. The van der Waals surface area contributed by atoms with Crippen LogP contribution in [0.4, 0.5) is 0 Å². The molecule has 0 saturated heterocycles. The summed E-state index contributed by atoms with van der Waals surface area (Å²) in [5.41, 5.74) is -0.667. The van der Waals surface area contributed by atoms with Gasteiger partial charge in [0.2, 0.25) is 0 Å². The van der Waals surface area contributed by atoms with Crippen molar-refractivity contribution in [3.63, 3.8) is 0 Å². The number of sulfone groups is 1. The summed E-state index contributed by atoms with van der Waals surface area (Å²) in [7, 11) is -3.05. The second kappa shape index (κ2) is 6.04. The van der Waals surface area contributed by atoms with Crippen LogP contribution in [0.25, 0.3) is 0 Å². The van der Waals surface area contributed by atoms with E-state index in [1.54, 1.807) is 0 Å². The molecule has 0 aromatic carbocycles. The standard InChI is InChI=1S/C15H26O4S/c1-20(18,19)13-8-6-7-12(11-13)15(14(16)17)9-4-2-3-5-10-15/h12-13H,2-11H2,1H3,(H,16,17). The molecular weight excluding hydrogens is 276 g/mol. The van der Waals surface area contributed by atoms with Gasteiger partial charge in [-0.1, -0.05) is 32.1 Å². The van der Waals surface area contributed by atoms with E-state index in [0.29, 0.717) is 12.8 Å². The predicted octanol–water partition coefficient (Wildman–Crippen LogP) is 3.02. The Morgan fingerprint density at radius 3 is 2.15 bits per heavy atom. The van der Waals surface area contributed by atoms with Crippen LogP contribution in [0.1, 0.15) is 64.2 Å². The van der Waals surface area contributed by atoms with Gasteiger partial charge in [0.25, 0.3) is 0 Å². The smallest absolute Gasteiger partial charge is 0.309 e. The molecule has 2 rings (SSSR count). The molecule has 0 aromatic rings. The maximum absolute atomic E-state index is 11.9. The fraction of sp³-hybridized carbons (Fsp3) is 0.933. The third kappa shape index (κ3) is 3.18. The van der Waals surface area contributed by atoms with E-state index >= 15 is 0 Å². The molecule has 0 amide bonds. The Bertz CT molecular complexity index is 446. The summed E-state index contributed by atoms with van der Waals surface area (Å²) < 4.78 is 23.6. The van der Waals surface area contributed by atoms with Crippen LogP contribution in [0, 0.1) is 11.3 Å². The van der Waals surface area contributed by atoms with Crippen LogP contribution in [0.15, 0.2) is 0 Å². The van der Waals surface area contributed by atoms with Gasteiger partial charge in [0, 0.05) is 6.26 Å². The van der Waals surface area contributed by atoms with Crippen LogP contribution in [-0.2, 0) is 14.6 Å². The molecule has 2 fully saturated rings. The molecule has 1 N–H and O–H groups in total. The molecule has 2 saturated carbocycles. The van der Waals surface area contributed by atoms with E-state index < -0.39 is 21.2 Å². The van der Waals surface area contributed by atoms with E-state index in [0.717, 1.165) is 51.4 Å². The molecule has 4 nitrogen and oxygen atoms in total. The summed E-state index contributed by atoms with van der Waals surface area (Å²) >= 11 is 0. The Labute approximate surface area is 121 Å². The van der Waals surface area contributed by atoms with Crippen molar-refractivity contribution in [3.8, 4) is 0 Å². The SMILES string of the molecule is CS(=O)(=O)C1CCCC(C2(C(=O)O)CCCCCC2)C1. The fourth-order valence-corrected chi connectivity index (χ4v) is 5.37. The van der Waals surface area contributed by atoms with Gasteiger partial charge in [-0.15, -0.1) is 0 Å². The molecule has 2 aliphatic rings. The van der Waals surface area contributed by atoms with E-state index in [4.69, 9.17) is 0 Å². The van der Waals surface area contributed by atoms with Crippen LogP contribution in [-0.4, -0.2) is 31.0 Å². The molecule has 116 valence electrons. The van der Waals surface area contributed by atoms with Crippen LogP contribution in [0.5, 0.6) is 0 Å². The Kier molecular flexibility index (Phi) is 4.77. The minimum atomic E-state index is -3.05. The number of carbonyl (C=O) groups is 1. The normalized spacial score (nSPS) is 31.4. The van der Waals surface area contributed by atoms with Crippen molar-refractivity contribution < 1.29 is 18.3 Å². The van der Waals surface area contributed by atoms with Crippen molar-refractivity contribution in [2.75, 3.05) is 6.26 Å². The van der Waals surface area contributed by atoms with Crippen LogP contribution < -0.4 is 0 Å². The molecule has 2 unspecified atom stereocenters. The van der Waals surface area contributed by atoms with Gasteiger partial charge in [0.15, 0.2) is 0 Å². The lowest BCUT2D eigenvalue weighted by atomic mass is 9.64. The van der Waals surface area contributed by atoms with E-state index in [9.17, 15) is 18.3 Å². The van der Waals surface area contributed by atoms with Gasteiger partial charge in [-0.2, -0.15) is 0 Å². The van der Waals surface area contributed by atoms with E-state index in [2.05, 4.69) is 0 Å². The summed E-state index contributed by atoms with van der Waals surface area (Å²) in [6.45, 7) is 0. The van der Waals surface area contributed by atoms with Gasteiger partial charge in [-0.25, -0.2) is 8.42 Å². The number of hydrogen-bond donors (Lipinski definition) is 1. The van der Waals surface area contributed by atoms with Crippen LogP contribution in [0.3, 0.4) is 0 Å². The first kappa shape index (κ1) is 15.8. The minimum Gasteiger partial charge on any atom is -0.481 e. The van der Waals surface area contributed by atoms with Crippen molar-refractivity contribution in [2.45, 2.75) is 69.5 Å². The number of carboxylic acid groups (broad SMARTS) is 1. The minimum absolute atomic E-state index is 0.0339. The second-order valence-corrected chi connectivity index (χ2v) is 9.02. The lowest BCUT2D eigenvalue weighted by Gasteiger charge is -2.41. The molecule has 0 bridgehead atoms. The zero-order valence-electron chi connectivity index (χ0n) is 12.3. The van der Waals surface area contributed by atoms with Gasteiger partial charge in [-0.05, 0) is 38.0 Å². The summed E-state index contributed by atoms with van der Waals surface area (Å²) in [6.07, 6.45) is 9.85. The van der Waals surface area contributed by atoms with Gasteiger partial charge >= 0.3 is 5.97 Å². The molecule has 2 atom stereocenters. The average molecular weight is 302 g/mol. The first-order valence-electron chi connectivity index (χ1n) is 7.78. The summed E-state index contributed by atoms with van der Waals surface area (Å²) in [4.78, 5) is 11.9. The topological polar surface area (TPSA) is 71.4 Å². The van der Waals surface area contributed by atoms with Crippen molar-refractivity contribution >= 4 is 15.8 Å². The largest absolute Gasteiger partial charge is 0.481 e. The molecule has 0 spiro atoms. The van der Waals surface area contributed by atoms with E-state index in [1.807, 2.05) is 0 Å². The molecule has 0 heterocycles. The third-order valence-corrected chi connectivity index (χ3v) is 7.07. The monoisotopic (exact) mass is 302 g/mol. The highest BCUT2D eigenvalue weighted by Crippen LogP contribution is 2.48. The number of carboxylic acids is 1. The maximum Gasteiger partial charge on any atom is 0.309 e. The summed E-state index contributed by atoms with van der Waals surface area (Å²) in [5, 5.41) is 9.47. The number of hydrogen-bond acceptors (Lipinski definition) is 3. The first-order valence-corrected chi connectivity index (χ1v) is 9.74. The predicted molar refractivity (Wildman–Crippen MR) is 78.4 cm³/mol. The summed E-state index contributed by atoms with van der Waals surface area (Å²) in [6, 6.07) is 0. The van der Waals surface area contributed by atoms with E-state index in [-0.39, 0.29) is 11.2 Å². The Morgan fingerprint density at radius 2 is 1.65 bits per heavy atom. The van der Waals surface area contributed by atoms with Gasteiger partial charge in [-0.3, -0.25) is 4.79 Å². The zero-order chi connectivity index (χ0) is 14.8. The quantitative estimate of drug-likeness (QED) is 0.813. The van der Waals surface area contributed by atoms with Gasteiger partial charge in [0.1, 0.15) is 9.84 Å². The number of aliphatic carboxylic acids is 1. The molecule has 0 radical (unpaired) electrons. The summed E-state index contributed by atoms with van der Waals surface area (Å²) in [5.74, 6) is -0.662. The lowest BCUT2D eigenvalue weighted by Crippen LogP contribution is -2.43. The Hall–Kier alpha value is -0.580. The van der Waals surface area contributed by atoms with Gasteiger partial charge in [0.05, 0.1) is 10.7 Å². The van der Waals surface area contributed by atoms with Crippen molar-refractivity contribution in [1.29, 1.82) is 0 Å². The lowest BCUT2D eigenvalue weighted by molar-refractivity contribution is -0.155. The fourth-order valence-electron chi connectivity index (χ4n) is 4.19. The Balaban J connectivity index is 2.22. The molecular formula is C15H26O4S. The van der Waals surface area contributed by atoms with Crippen molar-refractivity contribution in [2.24, 2.45) is 11.3 Å².